The zero-order valence-electron chi connectivity index (χ0n) is 9.18. The van der Waals surface area contributed by atoms with Gasteiger partial charge in [0.05, 0.1) is 18.4 Å². The topological polar surface area (TPSA) is 39.2 Å². The van der Waals surface area contributed by atoms with Gasteiger partial charge in [-0.1, -0.05) is 18.2 Å². The molecule has 1 heterocycles. The van der Waals surface area contributed by atoms with E-state index in [1.54, 1.807) is 12.1 Å². The van der Waals surface area contributed by atoms with Crippen molar-refractivity contribution in [3.05, 3.63) is 52.6 Å². The lowest BCUT2D eigenvalue weighted by molar-refractivity contribution is 0.0601. The highest BCUT2D eigenvalue weighted by Gasteiger charge is 2.07. The van der Waals surface area contributed by atoms with Gasteiger partial charge in [-0.25, -0.2) is 9.78 Å². The first kappa shape index (κ1) is 11.8. The van der Waals surface area contributed by atoms with Gasteiger partial charge in [0.1, 0.15) is 4.60 Å². The quantitative estimate of drug-likeness (QED) is 0.629. The molecule has 0 aliphatic rings. The van der Waals surface area contributed by atoms with E-state index >= 15 is 0 Å². The number of halogens is 1. The second-order valence-electron chi connectivity index (χ2n) is 3.42. The first-order valence-corrected chi connectivity index (χ1v) is 5.81. The molecule has 0 unspecified atom stereocenters. The normalized spacial score (nSPS) is 10.0. The van der Waals surface area contributed by atoms with Crippen LogP contribution in [-0.4, -0.2) is 18.1 Å². The van der Waals surface area contributed by atoms with Gasteiger partial charge in [0.25, 0.3) is 0 Å². The average molecular weight is 292 g/mol. The maximum atomic E-state index is 11.4. The van der Waals surface area contributed by atoms with Crippen LogP contribution in [0.4, 0.5) is 0 Å². The molecule has 0 atom stereocenters. The molecule has 0 bridgehead atoms. The van der Waals surface area contributed by atoms with Gasteiger partial charge in [-0.05, 0) is 40.2 Å². The number of methoxy groups -OCH3 is 1. The third kappa shape index (κ3) is 2.71. The SMILES string of the molecule is COC(=O)c1cccc(-c2cccc(Br)n2)c1. The lowest BCUT2D eigenvalue weighted by atomic mass is 10.1. The van der Waals surface area contributed by atoms with Crippen molar-refractivity contribution in [2.24, 2.45) is 0 Å². The van der Waals surface area contributed by atoms with Crippen molar-refractivity contribution in [2.75, 3.05) is 7.11 Å². The number of rotatable bonds is 2. The molecule has 0 N–H and O–H groups in total. The molecule has 1 aromatic heterocycles. The van der Waals surface area contributed by atoms with Crippen LogP contribution < -0.4 is 0 Å². The Morgan fingerprint density at radius 1 is 1.24 bits per heavy atom. The van der Waals surface area contributed by atoms with Crippen molar-refractivity contribution in [1.29, 1.82) is 0 Å². The molecular weight excluding hydrogens is 282 g/mol. The smallest absolute Gasteiger partial charge is 0.337 e. The summed E-state index contributed by atoms with van der Waals surface area (Å²) in [6.45, 7) is 0. The number of pyridine rings is 1. The zero-order chi connectivity index (χ0) is 12.3. The lowest BCUT2D eigenvalue weighted by Crippen LogP contribution is -2.00. The van der Waals surface area contributed by atoms with E-state index in [0.717, 1.165) is 15.9 Å². The van der Waals surface area contributed by atoms with Crippen LogP contribution in [0, 0.1) is 0 Å². The molecule has 86 valence electrons. The number of nitrogens with zero attached hydrogens (tertiary/aromatic N) is 1. The third-order valence-electron chi connectivity index (χ3n) is 2.29. The monoisotopic (exact) mass is 291 g/mol. The molecule has 0 aliphatic heterocycles. The summed E-state index contributed by atoms with van der Waals surface area (Å²) in [6.07, 6.45) is 0. The number of carbonyl (C=O) groups is 1. The molecule has 0 radical (unpaired) electrons. The van der Waals surface area contributed by atoms with E-state index in [9.17, 15) is 4.79 Å². The second kappa shape index (κ2) is 5.10. The van der Waals surface area contributed by atoms with E-state index in [0.29, 0.717) is 5.56 Å². The first-order valence-electron chi connectivity index (χ1n) is 5.02. The average Bonchev–Trinajstić information content (AvgIpc) is 2.38. The van der Waals surface area contributed by atoms with Crippen molar-refractivity contribution in [1.82, 2.24) is 4.98 Å². The summed E-state index contributed by atoms with van der Waals surface area (Å²) >= 11 is 3.32. The van der Waals surface area contributed by atoms with Gasteiger partial charge in [0, 0.05) is 5.56 Å². The van der Waals surface area contributed by atoms with E-state index in [4.69, 9.17) is 0 Å². The Kier molecular flexibility index (Phi) is 3.54. The van der Waals surface area contributed by atoms with Crippen LogP contribution in [0.1, 0.15) is 10.4 Å². The van der Waals surface area contributed by atoms with Crippen molar-refractivity contribution in [3.63, 3.8) is 0 Å². The molecule has 3 nitrogen and oxygen atoms in total. The molecule has 4 heteroatoms. The van der Waals surface area contributed by atoms with Gasteiger partial charge in [-0.15, -0.1) is 0 Å². The van der Waals surface area contributed by atoms with Gasteiger partial charge in [-0.3, -0.25) is 0 Å². The van der Waals surface area contributed by atoms with Crippen molar-refractivity contribution >= 4 is 21.9 Å². The summed E-state index contributed by atoms with van der Waals surface area (Å²) in [7, 11) is 1.37. The molecule has 1 aromatic carbocycles. The van der Waals surface area contributed by atoms with E-state index < -0.39 is 0 Å². The minimum Gasteiger partial charge on any atom is -0.465 e. The van der Waals surface area contributed by atoms with Crippen LogP contribution in [0.15, 0.2) is 47.1 Å². The summed E-state index contributed by atoms with van der Waals surface area (Å²) in [6, 6.07) is 12.8. The number of aromatic nitrogens is 1. The number of benzene rings is 1. The van der Waals surface area contributed by atoms with Gasteiger partial charge in [-0.2, -0.15) is 0 Å². The van der Waals surface area contributed by atoms with E-state index in [1.807, 2.05) is 30.3 Å². The van der Waals surface area contributed by atoms with E-state index in [2.05, 4.69) is 25.7 Å². The van der Waals surface area contributed by atoms with Crippen LogP contribution in [0.5, 0.6) is 0 Å². The van der Waals surface area contributed by atoms with Gasteiger partial charge in [0.15, 0.2) is 0 Å². The predicted molar refractivity (Wildman–Crippen MR) is 68.7 cm³/mol. The molecule has 17 heavy (non-hydrogen) atoms. The minimum atomic E-state index is -0.346. The summed E-state index contributed by atoms with van der Waals surface area (Å²) in [5.74, 6) is -0.346. The van der Waals surface area contributed by atoms with Crippen molar-refractivity contribution < 1.29 is 9.53 Å². The molecule has 0 saturated carbocycles. The Hall–Kier alpha value is -1.68. The van der Waals surface area contributed by atoms with Gasteiger partial charge < -0.3 is 4.74 Å². The Morgan fingerprint density at radius 3 is 2.71 bits per heavy atom. The van der Waals surface area contributed by atoms with Gasteiger partial charge in [0.2, 0.25) is 0 Å². The number of hydrogen-bond donors (Lipinski definition) is 0. The minimum absolute atomic E-state index is 0.346. The first-order chi connectivity index (χ1) is 8.20. The second-order valence-corrected chi connectivity index (χ2v) is 4.23. The van der Waals surface area contributed by atoms with E-state index in [1.165, 1.54) is 7.11 Å². The summed E-state index contributed by atoms with van der Waals surface area (Å²) in [4.78, 5) is 15.7. The summed E-state index contributed by atoms with van der Waals surface area (Å²) < 4.78 is 5.44. The highest BCUT2D eigenvalue weighted by Crippen LogP contribution is 2.20. The van der Waals surface area contributed by atoms with E-state index in [-0.39, 0.29) is 5.97 Å². The molecule has 2 aromatic rings. The molecule has 0 amide bonds. The Morgan fingerprint density at radius 2 is 2.00 bits per heavy atom. The Balaban J connectivity index is 2.43. The number of ether oxygens (including phenoxy) is 1. The summed E-state index contributed by atoms with van der Waals surface area (Å²) in [5.41, 5.74) is 2.21. The largest absolute Gasteiger partial charge is 0.465 e. The third-order valence-corrected chi connectivity index (χ3v) is 2.74. The fraction of sp³-hybridized carbons (Fsp3) is 0.0769. The number of esters is 1. The van der Waals surface area contributed by atoms with Crippen molar-refractivity contribution in [2.45, 2.75) is 0 Å². The Labute approximate surface area is 108 Å². The Bertz CT molecular complexity index is 555. The highest BCUT2D eigenvalue weighted by molar-refractivity contribution is 9.10. The highest BCUT2D eigenvalue weighted by atomic mass is 79.9. The molecule has 0 fully saturated rings. The molecule has 0 saturated heterocycles. The molecule has 2 rings (SSSR count). The van der Waals surface area contributed by atoms with Crippen LogP contribution in [0.2, 0.25) is 0 Å². The summed E-state index contributed by atoms with van der Waals surface area (Å²) in [5, 5.41) is 0. The maximum Gasteiger partial charge on any atom is 0.337 e. The fourth-order valence-corrected chi connectivity index (χ4v) is 1.84. The number of hydrogen-bond acceptors (Lipinski definition) is 3. The van der Waals surface area contributed by atoms with Gasteiger partial charge >= 0.3 is 5.97 Å². The maximum absolute atomic E-state index is 11.4. The predicted octanol–water partition coefficient (Wildman–Crippen LogP) is 3.30. The molecule has 0 spiro atoms. The van der Waals surface area contributed by atoms with Crippen LogP contribution >= 0.6 is 15.9 Å². The standard InChI is InChI=1S/C13H10BrNO2/c1-17-13(16)10-5-2-4-9(8-10)11-6-3-7-12(14)15-11/h2-8H,1H3. The molecule has 0 aliphatic carbocycles. The van der Waals surface area contributed by atoms with Crippen LogP contribution in [0.25, 0.3) is 11.3 Å². The van der Waals surface area contributed by atoms with Crippen molar-refractivity contribution in [3.8, 4) is 11.3 Å². The zero-order valence-corrected chi connectivity index (χ0v) is 10.8. The molecular formula is C13H10BrNO2. The number of carbonyl (C=O) groups excluding carboxylic acids is 1. The lowest BCUT2D eigenvalue weighted by Gasteiger charge is -2.04. The van der Waals surface area contributed by atoms with Crippen LogP contribution in [-0.2, 0) is 4.74 Å². The van der Waals surface area contributed by atoms with Crippen LogP contribution in [0.3, 0.4) is 0 Å². The fourth-order valence-electron chi connectivity index (χ4n) is 1.49.